The number of carbonyl (C=O) groups excluding carboxylic acids is 2. The van der Waals surface area contributed by atoms with Crippen LogP contribution in [0.2, 0.25) is 0 Å². The molecule has 2 aromatic rings. The van der Waals surface area contributed by atoms with Gasteiger partial charge in [-0.2, -0.15) is 9.57 Å². The molecule has 0 saturated carbocycles. The molecule has 1 amide bonds. The summed E-state index contributed by atoms with van der Waals surface area (Å²) in [5.74, 6) is -1.42. The van der Waals surface area contributed by atoms with Crippen LogP contribution >= 0.6 is 0 Å². The van der Waals surface area contributed by atoms with Crippen molar-refractivity contribution in [3.63, 3.8) is 0 Å². The lowest BCUT2D eigenvalue weighted by molar-refractivity contribution is -0.151. The number of nitrogens with zero attached hydrogens (tertiary/aromatic N) is 2. The fourth-order valence-corrected chi connectivity index (χ4v) is 4.15. The molecule has 0 bridgehead atoms. The van der Waals surface area contributed by atoms with Gasteiger partial charge in [0.15, 0.2) is 6.61 Å². The highest BCUT2D eigenvalue weighted by Gasteiger charge is 2.38. The first-order chi connectivity index (χ1) is 13.8. The Balaban J connectivity index is 1.69. The number of rotatable bonds is 5. The van der Waals surface area contributed by atoms with Gasteiger partial charge in [-0.25, -0.2) is 8.42 Å². The van der Waals surface area contributed by atoms with E-state index in [0.29, 0.717) is 5.69 Å². The molecule has 0 saturated heterocycles. The van der Waals surface area contributed by atoms with Crippen LogP contribution in [0.25, 0.3) is 0 Å². The summed E-state index contributed by atoms with van der Waals surface area (Å²) in [4.78, 5) is 24.7. The summed E-state index contributed by atoms with van der Waals surface area (Å²) in [5.41, 5.74) is 2.27. The van der Waals surface area contributed by atoms with Gasteiger partial charge in [0.05, 0.1) is 17.5 Å². The van der Waals surface area contributed by atoms with Gasteiger partial charge in [0.2, 0.25) is 10.0 Å². The van der Waals surface area contributed by atoms with Gasteiger partial charge in [0.1, 0.15) is 12.1 Å². The molecule has 1 atom stereocenters. The van der Waals surface area contributed by atoms with Crippen molar-refractivity contribution in [2.24, 2.45) is 0 Å². The molecule has 1 heterocycles. The van der Waals surface area contributed by atoms with E-state index < -0.39 is 34.5 Å². The number of anilines is 1. The SMILES string of the molecule is CS(=O)(=O)N1Cc2ccccc2C[C@H]1C(=O)OCC(=O)Nc1ccccc1C#N. The lowest BCUT2D eigenvalue weighted by Crippen LogP contribution is -2.49. The maximum absolute atomic E-state index is 12.6. The van der Waals surface area contributed by atoms with E-state index in [4.69, 9.17) is 10.00 Å². The van der Waals surface area contributed by atoms with Gasteiger partial charge >= 0.3 is 5.97 Å². The second-order valence-electron chi connectivity index (χ2n) is 6.61. The number of nitrogens with one attached hydrogen (secondary N) is 1. The van der Waals surface area contributed by atoms with Crippen molar-refractivity contribution >= 4 is 27.6 Å². The van der Waals surface area contributed by atoms with Crippen molar-refractivity contribution in [2.45, 2.75) is 19.0 Å². The van der Waals surface area contributed by atoms with E-state index in [1.54, 1.807) is 30.3 Å². The minimum absolute atomic E-state index is 0.0660. The van der Waals surface area contributed by atoms with E-state index in [1.807, 2.05) is 24.3 Å². The third-order valence-electron chi connectivity index (χ3n) is 4.57. The van der Waals surface area contributed by atoms with Crippen molar-refractivity contribution in [1.82, 2.24) is 4.31 Å². The Morgan fingerprint density at radius 1 is 1.17 bits per heavy atom. The number of para-hydroxylation sites is 1. The molecule has 9 heteroatoms. The van der Waals surface area contributed by atoms with Crippen molar-refractivity contribution in [3.8, 4) is 6.07 Å². The Labute approximate surface area is 168 Å². The van der Waals surface area contributed by atoms with Crippen LogP contribution in [-0.4, -0.2) is 43.5 Å². The number of carbonyl (C=O) groups is 2. The average Bonchev–Trinajstić information content (AvgIpc) is 2.70. The van der Waals surface area contributed by atoms with Crippen molar-refractivity contribution < 1.29 is 22.7 Å². The molecule has 150 valence electrons. The average molecular weight is 413 g/mol. The molecular weight excluding hydrogens is 394 g/mol. The molecule has 1 aliphatic rings. The quantitative estimate of drug-likeness (QED) is 0.741. The number of benzene rings is 2. The van der Waals surface area contributed by atoms with Crippen molar-refractivity contribution in [2.75, 3.05) is 18.2 Å². The molecule has 8 nitrogen and oxygen atoms in total. The first-order valence-corrected chi connectivity index (χ1v) is 10.6. The number of nitriles is 1. The zero-order chi connectivity index (χ0) is 21.0. The third kappa shape index (κ3) is 4.80. The van der Waals surface area contributed by atoms with Crippen LogP contribution < -0.4 is 5.32 Å². The largest absolute Gasteiger partial charge is 0.454 e. The Hall–Kier alpha value is -3.22. The summed E-state index contributed by atoms with van der Waals surface area (Å²) in [6.07, 6.45) is 1.20. The van der Waals surface area contributed by atoms with E-state index in [0.717, 1.165) is 21.7 Å². The summed E-state index contributed by atoms with van der Waals surface area (Å²) < 4.78 is 30.5. The number of amides is 1. The molecule has 2 aromatic carbocycles. The summed E-state index contributed by atoms with van der Waals surface area (Å²) in [6.45, 7) is -0.523. The molecule has 1 N–H and O–H groups in total. The van der Waals surface area contributed by atoms with Crippen molar-refractivity contribution in [3.05, 3.63) is 65.2 Å². The normalized spacial score (nSPS) is 16.3. The topological polar surface area (TPSA) is 117 Å². The van der Waals surface area contributed by atoms with Crippen LogP contribution in [0.3, 0.4) is 0 Å². The predicted molar refractivity (Wildman–Crippen MR) is 105 cm³/mol. The maximum atomic E-state index is 12.6. The third-order valence-corrected chi connectivity index (χ3v) is 5.81. The summed E-state index contributed by atoms with van der Waals surface area (Å²) >= 11 is 0. The number of esters is 1. The summed E-state index contributed by atoms with van der Waals surface area (Å²) in [7, 11) is -3.66. The molecular formula is C20H19N3O5S. The van der Waals surface area contributed by atoms with Gasteiger partial charge in [-0.05, 0) is 23.3 Å². The molecule has 0 radical (unpaired) electrons. The van der Waals surface area contributed by atoms with Crippen LogP contribution in [0.4, 0.5) is 5.69 Å². The van der Waals surface area contributed by atoms with Gasteiger partial charge in [0.25, 0.3) is 5.91 Å². The highest BCUT2D eigenvalue weighted by molar-refractivity contribution is 7.88. The van der Waals surface area contributed by atoms with E-state index in [2.05, 4.69) is 5.32 Å². The lowest BCUT2D eigenvalue weighted by atomic mass is 9.96. The molecule has 0 spiro atoms. The molecule has 0 unspecified atom stereocenters. The number of fused-ring (bicyclic) bond motifs is 1. The highest BCUT2D eigenvalue weighted by atomic mass is 32.2. The van der Waals surface area contributed by atoms with E-state index >= 15 is 0 Å². The summed E-state index contributed by atoms with van der Waals surface area (Å²) in [5, 5.41) is 11.6. The first kappa shape index (κ1) is 20.5. The summed E-state index contributed by atoms with van der Waals surface area (Å²) in [6, 6.07) is 14.6. The minimum atomic E-state index is -3.66. The zero-order valence-electron chi connectivity index (χ0n) is 15.7. The van der Waals surface area contributed by atoms with Gasteiger partial charge in [-0.1, -0.05) is 36.4 Å². The highest BCUT2D eigenvalue weighted by Crippen LogP contribution is 2.26. The second kappa shape index (κ2) is 8.43. The van der Waals surface area contributed by atoms with E-state index in [9.17, 15) is 18.0 Å². The van der Waals surface area contributed by atoms with Crippen LogP contribution in [0.1, 0.15) is 16.7 Å². The lowest BCUT2D eigenvalue weighted by Gasteiger charge is -2.33. The molecule has 29 heavy (non-hydrogen) atoms. The number of ether oxygens (including phenoxy) is 1. The Morgan fingerprint density at radius 2 is 1.83 bits per heavy atom. The molecule has 3 rings (SSSR count). The maximum Gasteiger partial charge on any atom is 0.325 e. The fourth-order valence-electron chi connectivity index (χ4n) is 3.16. The van der Waals surface area contributed by atoms with Crippen molar-refractivity contribution in [1.29, 1.82) is 5.26 Å². The standard InChI is InChI=1S/C20H19N3O5S/c1-29(26,27)23-12-16-8-3-2-6-14(16)10-18(23)20(25)28-13-19(24)22-17-9-5-4-7-15(17)11-21/h2-9,18H,10,12-13H2,1H3,(H,22,24)/t18-/m0/s1. The van der Waals surface area contributed by atoms with Crippen LogP contribution in [0.15, 0.2) is 48.5 Å². The smallest absolute Gasteiger partial charge is 0.325 e. The number of hydrogen-bond acceptors (Lipinski definition) is 6. The van der Waals surface area contributed by atoms with Gasteiger partial charge < -0.3 is 10.1 Å². The molecule has 0 fully saturated rings. The first-order valence-electron chi connectivity index (χ1n) is 8.79. The minimum Gasteiger partial charge on any atom is -0.454 e. The number of hydrogen-bond donors (Lipinski definition) is 1. The van der Waals surface area contributed by atoms with Crippen LogP contribution in [-0.2, 0) is 37.3 Å². The van der Waals surface area contributed by atoms with E-state index in [-0.39, 0.29) is 18.5 Å². The van der Waals surface area contributed by atoms with Gasteiger partial charge in [-0.3, -0.25) is 9.59 Å². The predicted octanol–water partition coefficient (Wildman–Crippen LogP) is 1.43. The molecule has 1 aliphatic heterocycles. The Morgan fingerprint density at radius 3 is 2.52 bits per heavy atom. The van der Waals surface area contributed by atoms with Gasteiger partial charge in [-0.15, -0.1) is 0 Å². The van der Waals surface area contributed by atoms with Crippen LogP contribution in [0, 0.1) is 11.3 Å². The fraction of sp³-hybridized carbons (Fsp3) is 0.250. The van der Waals surface area contributed by atoms with E-state index in [1.165, 1.54) is 0 Å². The molecule has 0 aromatic heterocycles. The van der Waals surface area contributed by atoms with Crippen LogP contribution in [0.5, 0.6) is 0 Å². The monoisotopic (exact) mass is 413 g/mol. The zero-order valence-corrected chi connectivity index (χ0v) is 16.5. The Kier molecular flexibility index (Phi) is 5.96. The van der Waals surface area contributed by atoms with Gasteiger partial charge in [0, 0.05) is 13.0 Å². The number of sulfonamides is 1. The second-order valence-corrected chi connectivity index (χ2v) is 8.55. The molecule has 0 aliphatic carbocycles. The Bertz CT molecular complexity index is 1090.